The minimum Gasteiger partial charge on any atom is -0.665 e. The maximum atomic E-state index is 9.09. The van der Waals surface area contributed by atoms with Gasteiger partial charge in [-0.05, 0) is 124 Å². The number of hydrogen-bond acceptors (Lipinski definition) is 3. The van der Waals surface area contributed by atoms with Gasteiger partial charge in [0.25, 0.3) is 0 Å². The third-order valence-electron chi connectivity index (χ3n) is 11.7. The number of pyridine rings is 1. The molecule has 0 N–H and O–H groups in total. The predicted molar refractivity (Wildman–Crippen MR) is 266 cm³/mol. The van der Waals surface area contributed by atoms with Gasteiger partial charge in [-0.3, -0.25) is 9.55 Å². The second-order valence-corrected chi connectivity index (χ2v) is 19.7. The number of rotatable bonds is 7. The molecule has 0 spiro atoms. The first-order chi connectivity index (χ1) is 33.8. The van der Waals surface area contributed by atoms with Gasteiger partial charge in [-0.15, -0.1) is 29.3 Å². The molecule has 8 rings (SSSR count). The quantitative estimate of drug-likeness (QED) is 0.149. The molecule has 4 nitrogen and oxygen atoms in total. The predicted octanol–water partition coefficient (Wildman–Crippen LogP) is 15.8. The van der Waals surface area contributed by atoms with Gasteiger partial charge < -0.3 is 4.74 Å². The number of imidazole rings is 1. The standard InChI is InChI=1S/C59H61N3O.Pt/c1-36-18-20-40(21-19-36)42-24-25-60-51(34-42)45-29-44(32-46(33-45)57(5,6)7)49-16-15-17-53-54(49)61-56(50-27-37(2)26-39(4)55(50)63-14)62(53)52-23-22-41(28-38(52)3)43-30-47(58(8,9)10)35-48(31-43)59(11,12)13;/h15-28,30-35H,14H2,1-13H3;/q-2;+2/i1D3,3D3,18D,19D,20D,21D;. The first-order valence-corrected chi connectivity index (χ1v) is 21.3. The maximum Gasteiger partial charge on any atom is 2.00 e. The molecule has 64 heavy (non-hydrogen) atoms. The molecule has 2 aromatic heterocycles. The van der Waals surface area contributed by atoms with Crippen LogP contribution in [0.4, 0.5) is 0 Å². The van der Waals surface area contributed by atoms with Gasteiger partial charge in [0.1, 0.15) is 5.82 Å². The third kappa shape index (κ3) is 9.18. The van der Waals surface area contributed by atoms with Crippen LogP contribution in [-0.2, 0) is 37.3 Å². The summed E-state index contributed by atoms with van der Waals surface area (Å²) in [6.07, 6.45) is 1.52. The molecule has 328 valence electrons. The molecule has 0 aliphatic carbocycles. The van der Waals surface area contributed by atoms with Gasteiger partial charge in [0, 0.05) is 20.1 Å². The fourth-order valence-corrected chi connectivity index (χ4v) is 8.10. The van der Waals surface area contributed by atoms with Gasteiger partial charge >= 0.3 is 21.1 Å². The summed E-state index contributed by atoms with van der Waals surface area (Å²) in [5.41, 5.74) is 10.4. The first-order valence-electron chi connectivity index (χ1n) is 26.3. The van der Waals surface area contributed by atoms with Gasteiger partial charge in [0.05, 0.1) is 33.5 Å². The van der Waals surface area contributed by atoms with Gasteiger partial charge in [0.2, 0.25) is 0 Å². The molecule has 5 heteroatoms. The van der Waals surface area contributed by atoms with Crippen molar-refractivity contribution in [3.63, 3.8) is 0 Å². The molecule has 0 radical (unpaired) electrons. The van der Waals surface area contributed by atoms with Crippen LogP contribution in [0.3, 0.4) is 0 Å². The van der Waals surface area contributed by atoms with Crippen molar-refractivity contribution in [3.8, 4) is 67.5 Å². The van der Waals surface area contributed by atoms with Crippen molar-refractivity contribution < 1.29 is 39.5 Å². The Morgan fingerprint density at radius 2 is 1.28 bits per heavy atom. The molecule has 6 aromatic carbocycles. The Morgan fingerprint density at radius 1 is 0.625 bits per heavy atom. The summed E-state index contributed by atoms with van der Waals surface area (Å²) in [5, 5.41) is 0. The van der Waals surface area contributed by atoms with E-state index in [2.05, 4.69) is 99.8 Å². The van der Waals surface area contributed by atoms with Crippen LogP contribution in [0.5, 0.6) is 5.75 Å². The molecule has 0 fully saturated rings. The number of aryl methyl sites for hydroxylation is 3. The Balaban J connectivity index is 0.00000800. The summed E-state index contributed by atoms with van der Waals surface area (Å²) < 4.78 is 93.6. The Morgan fingerprint density at radius 3 is 1.92 bits per heavy atom. The number of benzene rings is 6. The van der Waals surface area contributed by atoms with Crippen LogP contribution in [0.15, 0.2) is 121 Å². The SMILES string of the molecule is [2H]c1c([2H])c(C([2H])([2H])[2H])c([2H])c([2H])c1-c1ccnc(-c2[c-]c(-c3cccc4c3nc(-c3cc(C)cc(C)c3O[CH2-])n4-c3ccc(-c4cc(C(C)(C)C)cc(C(C)(C)C)c4)cc3C([2H])([2H])[2H])cc(C(C)(C)C)c2)c1.[Pt+2]. The van der Waals surface area contributed by atoms with Gasteiger partial charge in [-0.2, -0.15) is 7.11 Å². The Kier molecular flexibility index (Phi) is 9.47. The molecule has 0 bridgehead atoms. The number of nitrogens with zero attached hydrogens (tertiary/aromatic N) is 3. The number of aromatic nitrogens is 3. The summed E-state index contributed by atoms with van der Waals surface area (Å²) >= 11 is 0. The van der Waals surface area contributed by atoms with E-state index in [-0.39, 0.29) is 43.0 Å². The van der Waals surface area contributed by atoms with E-state index in [1.807, 2.05) is 66.9 Å². The smallest absolute Gasteiger partial charge is 0.665 e. The monoisotopic (exact) mass is 1030 g/mol. The van der Waals surface area contributed by atoms with E-state index >= 15 is 0 Å². The van der Waals surface area contributed by atoms with E-state index < -0.39 is 48.9 Å². The van der Waals surface area contributed by atoms with Crippen molar-refractivity contribution in [3.05, 3.63) is 173 Å². The third-order valence-corrected chi connectivity index (χ3v) is 11.7. The second kappa shape index (κ2) is 17.4. The minimum absolute atomic E-state index is 0. The van der Waals surface area contributed by atoms with Crippen molar-refractivity contribution in [2.24, 2.45) is 0 Å². The molecule has 0 aliphatic heterocycles. The molecule has 0 unspecified atom stereocenters. The summed E-state index contributed by atoms with van der Waals surface area (Å²) in [4.78, 5) is 10.1. The van der Waals surface area contributed by atoms with Crippen LogP contribution in [0.2, 0.25) is 0 Å². The largest absolute Gasteiger partial charge is 2.00 e. The summed E-state index contributed by atoms with van der Waals surface area (Å²) in [5.74, 6) is 0.940. The molecule has 0 saturated carbocycles. The van der Waals surface area contributed by atoms with E-state index in [0.29, 0.717) is 61.8 Å². The number of para-hydroxylation sites is 1. The van der Waals surface area contributed by atoms with E-state index in [1.54, 1.807) is 18.2 Å². The van der Waals surface area contributed by atoms with Crippen LogP contribution in [0.1, 0.15) is 115 Å². The summed E-state index contributed by atoms with van der Waals surface area (Å²) in [6, 6.07) is 30.7. The zero-order chi connectivity index (χ0) is 53.7. The van der Waals surface area contributed by atoms with Crippen LogP contribution in [0, 0.1) is 40.7 Å². The molecule has 0 atom stereocenters. The normalized spacial score (nSPS) is 14.8. The van der Waals surface area contributed by atoms with E-state index in [0.717, 1.165) is 38.9 Å². The fourth-order valence-electron chi connectivity index (χ4n) is 8.10. The average molecular weight is 1030 g/mol. The van der Waals surface area contributed by atoms with Crippen molar-refractivity contribution in [2.75, 3.05) is 0 Å². The number of fused-ring (bicyclic) bond motifs is 1. The van der Waals surface area contributed by atoms with Crippen LogP contribution in [0.25, 0.3) is 72.7 Å². The number of ether oxygens (including phenoxy) is 1. The Hall–Kier alpha value is -5.57. The average Bonchev–Trinajstić information content (AvgIpc) is 3.68. The first kappa shape index (κ1) is 34.8. The minimum atomic E-state index is -2.85. The van der Waals surface area contributed by atoms with Gasteiger partial charge in [-0.1, -0.05) is 152 Å². The zero-order valence-corrected chi connectivity index (χ0v) is 40.8. The van der Waals surface area contributed by atoms with Crippen LogP contribution >= 0.6 is 0 Å². The molecular weight excluding hydrogens is 962 g/mol. The molecular formula is C59H61N3OPt. The molecule has 0 aliphatic rings. The zero-order valence-electron chi connectivity index (χ0n) is 48.5. The molecule has 0 amide bonds. The second-order valence-electron chi connectivity index (χ2n) is 19.7. The van der Waals surface area contributed by atoms with Gasteiger partial charge in [-0.25, -0.2) is 4.98 Å². The number of hydrogen-bond donors (Lipinski definition) is 0. The van der Waals surface area contributed by atoms with E-state index in [1.165, 1.54) is 6.20 Å². The van der Waals surface area contributed by atoms with E-state index in [4.69, 9.17) is 28.4 Å². The molecule has 0 saturated heterocycles. The Labute approximate surface area is 410 Å². The topological polar surface area (TPSA) is 39.9 Å². The molecule has 8 aromatic rings. The maximum absolute atomic E-state index is 9.09. The summed E-state index contributed by atoms with van der Waals surface area (Å²) in [7, 11) is 3.83. The van der Waals surface area contributed by atoms with Gasteiger partial charge in [0.15, 0.2) is 0 Å². The Bertz CT molecular complexity index is 3440. The molecule has 2 heterocycles. The fraction of sp³-hybridized carbons (Fsp3) is 0.271. The van der Waals surface area contributed by atoms with E-state index in [9.17, 15) is 0 Å². The van der Waals surface area contributed by atoms with Crippen LogP contribution in [-0.4, -0.2) is 14.5 Å². The van der Waals surface area contributed by atoms with Crippen molar-refractivity contribution in [1.29, 1.82) is 0 Å². The van der Waals surface area contributed by atoms with Crippen molar-refractivity contribution in [1.82, 2.24) is 14.5 Å². The van der Waals surface area contributed by atoms with Crippen molar-refractivity contribution in [2.45, 2.75) is 106 Å². The van der Waals surface area contributed by atoms with Crippen molar-refractivity contribution >= 4 is 11.0 Å². The van der Waals surface area contributed by atoms with Crippen LogP contribution < -0.4 is 4.74 Å². The summed E-state index contributed by atoms with van der Waals surface area (Å²) in [6.45, 7) is 17.9.